The SMILES string of the molecule is CCCCCCCC/C=C\CCCCCCCCCC(=O)OC(CO)COC(=O)CCCCCCCCCCCCCCCCCCCCCCCCCCC. The quantitative estimate of drug-likeness (QED) is 0.0378. The molecule has 0 fully saturated rings. The zero-order valence-corrected chi connectivity index (χ0v) is 37.9. The number of carbonyl (C=O) groups is 2. The number of hydrogen-bond donors (Lipinski definition) is 1. The molecule has 0 amide bonds. The Kier molecular flexibility index (Phi) is 46.8. The monoisotopic (exact) mass is 791 g/mol. The number of carbonyl (C=O) groups excluding carboxylic acids is 2. The molecule has 5 heteroatoms. The summed E-state index contributed by atoms with van der Waals surface area (Å²) in [4.78, 5) is 24.4. The fourth-order valence-electron chi connectivity index (χ4n) is 7.73. The van der Waals surface area contributed by atoms with E-state index in [0.717, 1.165) is 32.1 Å². The van der Waals surface area contributed by atoms with Gasteiger partial charge in [-0.05, 0) is 38.5 Å². The molecule has 0 spiro atoms. The van der Waals surface area contributed by atoms with Crippen LogP contribution >= 0.6 is 0 Å². The van der Waals surface area contributed by atoms with Crippen molar-refractivity contribution in [3.05, 3.63) is 12.2 Å². The lowest BCUT2D eigenvalue weighted by Crippen LogP contribution is -2.28. The maximum atomic E-state index is 12.2. The van der Waals surface area contributed by atoms with E-state index in [1.807, 2.05) is 0 Å². The zero-order valence-electron chi connectivity index (χ0n) is 37.9. The maximum Gasteiger partial charge on any atom is 0.306 e. The molecule has 0 aliphatic carbocycles. The van der Waals surface area contributed by atoms with Gasteiger partial charge in [0.05, 0.1) is 6.61 Å². The molecule has 0 aromatic heterocycles. The van der Waals surface area contributed by atoms with E-state index in [2.05, 4.69) is 26.0 Å². The summed E-state index contributed by atoms with van der Waals surface area (Å²) in [6.45, 7) is 4.18. The lowest BCUT2D eigenvalue weighted by atomic mass is 10.0. The topological polar surface area (TPSA) is 72.8 Å². The molecule has 0 aromatic carbocycles. The van der Waals surface area contributed by atoms with Gasteiger partial charge in [-0.3, -0.25) is 9.59 Å². The van der Waals surface area contributed by atoms with E-state index >= 15 is 0 Å². The number of esters is 2. The molecule has 0 saturated carbocycles. The van der Waals surface area contributed by atoms with Gasteiger partial charge in [-0.15, -0.1) is 0 Å². The Hall–Kier alpha value is -1.36. The predicted octanol–water partition coefficient (Wildman–Crippen LogP) is 16.4. The number of unbranched alkanes of at least 4 members (excludes halogenated alkanes) is 37. The number of hydrogen-bond acceptors (Lipinski definition) is 5. The summed E-state index contributed by atoms with van der Waals surface area (Å²) in [7, 11) is 0. The molecule has 0 rings (SSSR count). The number of aliphatic hydroxyl groups excluding tert-OH is 1. The van der Waals surface area contributed by atoms with Gasteiger partial charge in [0, 0.05) is 12.8 Å². The Morgan fingerprint density at radius 3 is 0.964 bits per heavy atom. The second kappa shape index (κ2) is 48.0. The standard InChI is InChI=1S/C51H98O5/c1-3-5-7-9-11-13-15-17-19-21-22-23-24-25-26-27-28-30-31-33-35-37-39-41-43-45-50(53)55-48-49(47-52)56-51(54)46-44-42-40-38-36-34-32-29-20-18-16-14-12-10-8-6-4-2/h18,20,49,52H,3-17,19,21-48H2,1-2H3/b20-18-. The van der Waals surface area contributed by atoms with Crippen LogP contribution in [-0.4, -0.2) is 36.4 Å². The third kappa shape index (κ3) is 45.3. The van der Waals surface area contributed by atoms with Gasteiger partial charge in [-0.1, -0.05) is 244 Å². The van der Waals surface area contributed by atoms with E-state index < -0.39 is 6.10 Å². The van der Waals surface area contributed by atoms with E-state index in [0.29, 0.717) is 12.8 Å². The van der Waals surface area contributed by atoms with Crippen molar-refractivity contribution in [3.63, 3.8) is 0 Å². The van der Waals surface area contributed by atoms with Crippen molar-refractivity contribution < 1.29 is 24.2 Å². The van der Waals surface area contributed by atoms with Crippen LogP contribution in [0.25, 0.3) is 0 Å². The normalized spacial score (nSPS) is 12.1. The lowest BCUT2D eigenvalue weighted by Gasteiger charge is -2.15. The maximum absolute atomic E-state index is 12.2. The fourth-order valence-corrected chi connectivity index (χ4v) is 7.73. The van der Waals surface area contributed by atoms with Crippen molar-refractivity contribution in [2.24, 2.45) is 0 Å². The summed E-state index contributed by atoms with van der Waals surface area (Å²) >= 11 is 0. The number of allylic oxidation sites excluding steroid dienone is 2. The van der Waals surface area contributed by atoms with Crippen LogP contribution < -0.4 is 0 Å². The molecule has 56 heavy (non-hydrogen) atoms. The summed E-state index contributed by atoms with van der Waals surface area (Å²) < 4.78 is 10.7. The molecule has 1 N–H and O–H groups in total. The summed E-state index contributed by atoms with van der Waals surface area (Å²) in [5.41, 5.74) is 0. The summed E-state index contributed by atoms with van der Waals surface area (Å²) in [6, 6.07) is 0. The van der Waals surface area contributed by atoms with Crippen molar-refractivity contribution in [2.45, 2.75) is 290 Å². The highest BCUT2D eigenvalue weighted by atomic mass is 16.6. The van der Waals surface area contributed by atoms with Crippen molar-refractivity contribution in [1.29, 1.82) is 0 Å². The Bertz CT molecular complexity index is 810. The molecule has 0 radical (unpaired) electrons. The van der Waals surface area contributed by atoms with Crippen LogP contribution in [0, 0.1) is 0 Å². The Labute approximate surface area is 350 Å². The third-order valence-corrected chi connectivity index (χ3v) is 11.6. The van der Waals surface area contributed by atoms with Crippen molar-refractivity contribution >= 4 is 11.9 Å². The summed E-state index contributed by atoms with van der Waals surface area (Å²) in [5.74, 6) is -0.578. The molecule has 5 nitrogen and oxygen atoms in total. The molecule has 1 unspecified atom stereocenters. The minimum atomic E-state index is -0.768. The van der Waals surface area contributed by atoms with Gasteiger partial charge in [0.2, 0.25) is 0 Å². The van der Waals surface area contributed by atoms with Gasteiger partial charge in [-0.2, -0.15) is 0 Å². The van der Waals surface area contributed by atoms with Crippen molar-refractivity contribution in [1.82, 2.24) is 0 Å². The van der Waals surface area contributed by atoms with Gasteiger partial charge >= 0.3 is 11.9 Å². The molecule has 1 atom stereocenters. The molecule has 0 bridgehead atoms. The van der Waals surface area contributed by atoms with Gasteiger partial charge in [-0.25, -0.2) is 0 Å². The third-order valence-electron chi connectivity index (χ3n) is 11.6. The van der Waals surface area contributed by atoms with Gasteiger partial charge in [0.1, 0.15) is 6.61 Å². The first-order chi connectivity index (χ1) is 27.6. The van der Waals surface area contributed by atoms with Crippen LogP contribution in [0.1, 0.15) is 284 Å². The second-order valence-corrected chi connectivity index (χ2v) is 17.3. The minimum Gasteiger partial charge on any atom is -0.462 e. The van der Waals surface area contributed by atoms with E-state index in [4.69, 9.17) is 9.47 Å². The molecule has 0 saturated heterocycles. The highest BCUT2D eigenvalue weighted by molar-refractivity contribution is 5.70. The Morgan fingerprint density at radius 2 is 0.661 bits per heavy atom. The van der Waals surface area contributed by atoms with E-state index in [-0.39, 0.29) is 25.2 Å². The average molecular weight is 791 g/mol. The van der Waals surface area contributed by atoms with Crippen LogP contribution in [0.4, 0.5) is 0 Å². The van der Waals surface area contributed by atoms with Crippen LogP contribution in [-0.2, 0) is 19.1 Å². The van der Waals surface area contributed by atoms with E-state index in [1.54, 1.807) is 0 Å². The first-order valence-corrected chi connectivity index (χ1v) is 25.2. The molecule has 0 aliphatic heterocycles. The van der Waals surface area contributed by atoms with Crippen LogP contribution in [0.2, 0.25) is 0 Å². The first-order valence-electron chi connectivity index (χ1n) is 25.2. The minimum absolute atomic E-state index is 0.0608. The Morgan fingerprint density at radius 1 is 0.393 bits per heavy atom. The largest absolute Gasteiger partial charge is 0.462 e. The number of ether oxygens (including phenoxy) is 2. The zero-order chi connectivity index (χ0) is 40.7. The smallest absolute Gasteiger partial charge is 0.306 e. The van der Waals surface area contributed by atoms with E-state index in [1.165, 1.54) is 225 Å². The van der Waals surface area contributed by atoms with Crippen LogP contribution in [0.3, 0.4) is 0 Å². The highest BCUT2D eigenvalue weighted by Gasteiger charge is 2.16. The fraction of sp³-hybridized carbons (Fsp3) is 0.922. The molecular weight excluding hydrogens is 693 g/mol. The van der Waals surface area contributed by atoms with Gasteiger partial charge in [0.25, 0.3) is 0 Å². The van der Waals surface area contributed by atoms with Gasteiger partial charge in [0.15, 0.2) is 6.10 Å². The summed E-state index contributed by atoms with van der Waals surface area (Å²) in [5, 5.41) is 9.61. The number of aliphatic hydroxyl groups is 1. The molecule has 0 aromatic rings. The molecule has 0 heterocycles. The highest BCUT2D eigenvalue weighted by Crippen LogP contribution is 2.17. The Balaban J connectivity index is 3.43. The van der Waals surface area contributed by atoms with E-state index in [9.17, 15) is 14.7 Å². The van der Waals surface area contributed by atoms with Crippen molar-refractivity contribution in [3.8, 4) is 0 Å². The van der Waals surface area contributed by atoms with Crippen LogP contribution in [0.5, 0.6) is 0 Å². The van der Waals surface area contributed by atoms with Crippen molar-refractivity contribution in [2.75, 3.05) is 13.2 Å². The molecule has 0 aliphatic rings. The lowest BCUT2D eigenvalue weighted by molar-refractivity contribution is -0.161. The summed E-state index contributed by atoms with van der Waals surface area (Å²) in [6.07, 6.45) is 57.4. The number of rotatable bonds is 47. The second-order valence-electron chi connectivity index (χ2n) is 17.3. The molecular formula is C51H98O5. The van der Waals surface area contributed by atoms with Gasteiger partial charge < -0.3 is 14.6 Å². The predicted molar refractivity (Wildman–Crippen MR) is 242 cm³/mol. The average Bonchev–Trinajstić information content (AvgIpc) is 3.20. The van der Waals surface area contributed by atoms with Crippen LogP contribution in [0.15, 0.2) is 12.2 Å². The molecule has 332 valence electrons. The first kappa shape index (κ1) is 54.6.